The summed E-state index contributed by atoms with van der Waals surface area (Å²) in [5, 5.41) is 0.776. The molecule has 2 unspecified atom stereocenters. The molecule has 0 N–H and O–H groups in total. The van der Waals surface area contributed by atoms with Crippen molar-refractivity contribution in [3.8, 4) is 5.75 Å². The lowest BCUT2D eigenvalue weighted by Gasteiger charge is -2.17. The van der Waals surface area contributed by atoms with Crippen LogP contribution in [0.15, 0.2) is 12.1 Å². The van der Waals surface area contributed by atoms with Gasteiger partial charge in [-0.1, -0.05) is 23.2 Å². The lowest BCUT2D eigenvalue weighted by atomic mass is 9.95. The van der Waals surface area contributed by atoms with Crippen molar-refractivity contribution in [3.63, 3.8) is 0 Å². The average molecular weight is 331 g/mol. The van der Waals surface area contributed by atoms with Crippen LogP contribution >= 0.6 is 23.2 Å². The molecule has 1 aromatic carbocycles. The van der Waals surface area contributed by atoms with Crippen LogP contribution in [0, 0.1) is 5.92 Å². The van der Waals surface area contributed by atoms with Gasteiger partial charge in [-0.25, -0.2) is 0 Å². The molecule has 2 atom stereocenters. The number of halogens is 2. The third kappa shape index (κ3) is 3.16. The number of hydrogen-bond acceptors (Lipinski definition) is 4. The molecule has 1 aliphatic rings. The van der Waals surface area contributed by atoms with Gasteiger partial charge in [0.15, 0.2) is 0 Å². The molecule has 0 spiro atoms. The van der Waals surface area contributed by atoms with Gasteiger partial charge in [-0.05, 0) is 31.4 Å². The van der Waals surface area contributed by atoms with Gasteiger partial charge in [0.1, 0.15) is 17.5 Å². The first-order chi connectivity index (χ1) is 9.99. The normalized spacial score (nSPS) is 21.4. The molecular weight excluding hydrogens is 315 g/mol. The summed E-state index contributed by atoms with van der Waals surface area (Å²) < 4.78 is 10.2. The zero-order chi connectivity index (χ0) is 15.6. The highest BCUT2D eigenvalue weighted by Crippen LogP contribution is 2.45. The standard InChI is InChI=1S/C15H16Cl2O4/c1-3-21-15(19)9-6-8(7-11(9)18)13-12(20-2)5-4-10(16)14(13)17/h4-5,8-9H,3,6-7H2,1-2H3. The Kier molecular flexibility index (Phi) is 5.12. The van der Waals surface area contributed by atoms with Gasteiger partial charge in [-0.3, -0.25) is 9.59 Å². The molecule has 2 rings (SSSR count). The molecule has 114 valence electrons. The number of ether oxygens (including phenoxy) is 2. The van der Waals surface area contributed by atoms with Crippen molar-refractivity contribution in [1.29, 1.82) is 0 Å². The van der Waals surface area contributed by atoms with E-state index in [1.807, 2.05) is 0 Å². The highest BCUT2D eigenvalue weighted by molar-refractivity contribution is 6.42. The first kappa shape index (κ1) is 16.1. The summed E-state index contributed by atoms with van der Waals surface area (Å²) in [6.45, 7) is 1.97. The van der Waals surface area contributed by atoms with Crippen LogP contribution in [0.25, 0.3) is 0 Å². The van der Waals surface area contributed by atoms with Gasteiger partial charge in [0.05, 0.1) is 23.8 Å². The molecule has 0 radical (unpaired) electrons. The van der Waals surface area contributed by atoms with Crippen LogP contribution in [0.1, 0.15) is 31.2 Å². The molecule has 6 heteroatoms. The maximum Gasteiger partial charge on any atom is 0.316 e. The molecule has 1 saturated carbocycles. The van der Waals surface area contributed by atoms with Gasteiger partial charge in [-0.2, -0.15) is 0 Å². The number of methoxy groups -OCH3 is 1. The summed E-state index contributed by atoms with van der Waals surface area (Å²) in [4.78, 5) is 23.9. The van der Waals surface area contributed by atoms with Crippen molar-refractivity contribution in [2.24, 2.45) is 5.92 Å². The van der Waals surface area contributed by atoms with Crippen molar-refractivity contribution in [2.75, 3.05) is 13.7 Å². The smallest absolute Gasteiger partial charge is 0.316 e. The minimum absolute atomic E-state index is 0.128. The monoisotopic (exact) mass is 330 g/mol. The molecule has 0 aliphatic heterocycles. The second-order valence-electron chi connectivity index (χ2n) is 4.89. The fourth-order valence-electron chi connectivity index (χ4n) is 2.68. The van der Waals surface area contributed by atoms with E-state index in [2.05, 4.69) is 0 Å². The van der Waals surface area contributed by atoms with Crippen LogP contribution in [-0.2, 0) is 14.3 Å². The molecule has 0 heterocycles. The third-order valence-corrected chi connectivity index (χ3v) is 4.47. The Balaban J connectivity index is 2.31. The van der Waals surface area contributed by atoms with Gasteiger partial charge in [0.25, 0.3) is 0 Å². The summed E-state index contributed by atoms with van der Waals surface area (Å²) in [5.41, 5.74) is 0.687. The number of carbonyl (C=O) groups excluding carboxylic acids is 2. The van der Waals surface area contributed by atoms with Crippen molar-refractivity contribution in [3.05, 3.63) is 27.7 Å². The van der Waals surface area contributed by atoms with E-state index in [0.717, 1.165) is 0 Å². The topological polar surface area (TPSA) is 52.6 Å². The zero-order valence-corrected chi connectivity index (χ0v) is 13.3. The van der Waals surface area contributed by atoms with E-state index in [0.29, 0.717) is 27.8 Å². The average Bonchev–Trinajstić information content (AvgIpc) is 2.83. The summed E-state index contributed by atoms with van der Waals surface area (Å²) in [6, 6.07) is 3.36. The third-order valence-electron chi connectivity index (χ3n) is 3.65. The molecule has 1 fully saturated rings. The molecule has 0 amide bonds. The Morgan fingerprint density at radius 1 is 1.38 bits per heavy atom. The van der Waals surface area contributed by atoms with E-state index in [-0.39, 0.29) is 24.7 Å². The van der Waals surface area contributed by atoms with E-state index in [9.17, 15) is 9.59 Å². The second-order valence-corrected chi connectivity index (χ2v) is 5.67. The first-order valence-electron chi connectivity index (χ1n) is 6.70. The fraction of sp³-hybridized carbons (Fsp3) is 0.467. The largest absolute Gasteiger partial charge is 0.496 e. The Bertz CT molecular complexity index is 571. The van der Waals surface area contributed by atoms with Crippen molar-refractivity contribution >= 4 is 35.0 Å². The zero-order valence-electron chi connectivity index (χ0n) is 11.8. The highest BCUT2D eigenvalue weighted by atomic mass is 35.5. The number of carbonyl (C=O) groups is 2. The molecule has 0 bridgehead atoms. The quantitative estimate of drug-likeness (QED) is 0.624. The number of Topliss-reactive ketones (excluding diaryl/α,β-unsaturated/α-hetero) is 1. The molecule has 1 aliphatic carbocycles. The lowest BCUT2D eigenvalue weighted by Crippen LogP contribution is -2.21. The van der Waals surface area contributed by atoms with Crippen LogP contribution in [0.4, 0.5) is 0 Å². The number of esters is 1. The van der Waals surface area contributed by atoms with Gasteiger partial charge in [0, 0.05) is 12.0 Å². The van der Waals surface area contributed by atoms with E-state index in [1.165, 1.54) is 7.11 Å². The van der Waals surface area contributed by atoms with Gasteiger partial charge in [-0.15, -0.1) is 0 Å². The summed E-state index contributed by atoms with van der Waals surface area (Å²) in [7, 11) is 1.53. The maximum atomic E-state index is 12.1. The number of hydrogen-bond donors (Lipinski definition) is 0. The van der Waals surface area contributed by atoms with Crippen LogP contribution < -0.4 is 4.74 Å². The van der Waals surface area contributed by atoms with Crippen molar-refractivity contribution < 1.29 is 19.1 Å². The Morgan fingerprint density at radius 3 is 2.71 bits per heavy atom. The van der Waals surface area contributed by atoms with Crippen LogP contribution in [0.5, 0.6) is 5.75 Å². The van der Waals surface area contributed by atoms with E-state index < -0.39 is 11.9 Å². The fourth-order valence-corrected chi connectivity index (χ4v) is 3.16. The minimum atomic E-state index is -0.727. The highest BCUT2D eigenvalue weighted by Gasteiger charge is 2.40. The predicted molar refractivity (Wildman–Crippen MR) is 80.1 cm³/mol. The van der Waals surface area contributed by atoms with E-state index >= 15 is 0 Å². The van der Waals surface area contributed by atoms with Crippen LogP contribution in [-0.4, -0.2) is 25.5 Å². The summed E-state index contributed by atoms with van der Waals surface area (Å²) >= 11 is 12.3. The molecule has 0 aromatic heterocycles. The molecule has 21 heavy (non-hydrogen) atoms. The van der Waals surface area contributed by atoms with Gasteiger partial charge in [0.2, 0.25) is 0 Å². The van der Waals surface area contributed by atoms with Crippen molar-refractivity contribution in [2.45, 2.75) is 25.7 Å². The summed E-state index contributed by atoms with van der Waals surface area (Å²) in [6.07, 6.45) is 0.605. The molecule has 1 aromatic rings. The Labute approximate surface area is 133 Å². The van der Waals surface area contributed by atoms with E-state index in [1.54, 1.807) is 19.1 Å². The predicted octanol–water partition coefficient (Wildman–Crippen LogP) is 3.63. The first-order valence-corrected chi connectivity index (χ1v) is 7.46. The Hall–Kier alpha value is -1.26. The van der Waals surface area contributed by atoms with Crippen molar-refractivity contribution in [1.82, 2.24) is 0 Å². The Morgan fingerprint density at radius 2 is 2.10 bits per heavy atom. The minimum Gasteiger partial charge on any atom is -0.496 e. The molecular formula is C15H16Cl2O4. The van der Waals surface area contributed by atoms with E-state index in [4.69, 9.17) is 32.7 Å². The summed E-state index contributed by atoms with van der Waals surface area (Å²) in [5.74, 6) is -0.937. The second kappa shape index (κ2) is 6.67. The van der Waals surface area contributed by atoms with Gasteiger partial charge < -0.3 is 9.47 Å². The number of rotatable bonds is 4. The van der Waals surface area contributed by atoms with Gasteiger partial charge >= 0.3 is 5.97 Å². The molecule has 4 nitrogen and oxygen atoms in total. The van der Waals surface area contributed by atoms with Crippen LogP contribution in [0.3, 0.4) is 0 Å². The number of ketones is 1. The molecule has 0 saturated heterocycles. The SMILES string of the molecule is CCOC(=O)C1CC(c2c(OC)ccc(Cl)c2Cl)CC1=O. The number of benzene rings is 1. The van der Waals surface area contributed by atoms with Crippen LogP contribution in [0.2, 0.25) is 10.0 Å². The lowest BCUT2D eigenvalue weighted by molar-refractivity contribution is -0.150. The maximum absolute atomic E-state index is 12.1.